The average molecular weight is 951 g/mol. The van der Waals surface area contributed by atoms with Gasteiger partial charge in [0.15, 0.2) is 11.9 Å². The van der Waals surface area contributed by atoms with Crippen LogP contribution >= 0.6 is 0 Å². The molecule has 0 saturated carbocycles. The molecule has 0 amide bonds. The molecule has 5 aromatic rings. The summed E-state index contributed by atoms with van der Waals surface area (Å²) in [6.07, 6.45) is 6.75. The Morgan fingerprint density at radius 1 is 0.514 bits per heavy atom. The summed E-state index contributed by atoms with van der Waals surface area (Å²) in [6, 6.07) is 44.0. The van der Waals surface area contributed by atoms with E-state index < -0.39 is 0 Å². The van der Waals surface area contributed by atoms with Gasteiger partial charge in [0, 0.05) is 51.5 Å². The molecule has 0 radical (unpaired) electrons. The second-order valence-electron chi connectivity index (χ2n) is 17.8. The van der Waals surface area contributed by atoms with E-state index in [1.54, 1.807) is 0 Å². The van der Waals surface area contributed by atoms with Gasteiger partial charge in [0.25, 0.3) is 0 Å². The molecule has 0 aromatic heterocycles. The molecule has 1 fully saturated rings. The lowest BCUT2D eigenvalue weighted by Gasteiger charge is -2.33. The van der Waals surface area contributed by atoms with Crippen molar-refractivity contribution >= 4 is 35.0 Å². The zero-order chi connectivity index (χ0) is 50.6. The quantitative estimate of drug-likeness (QED) is 0.0530. The normalized spacial score (nSPS) is 13.2. The van der Waals surface area contributed by atoms with Crippen LogP contribution < -0.4 is 33.2 Å². The van der Waals surface area contributed by atoms with Crippen LogP contribution in [0.25, 0.3) is 0 Å². The molecule has 0 atom stereocenters. The maximum Gasteiger partial charge on any atom is 0.198 e. The van der Waals surface area contributed by atoms with E-state index >= 15 is 0 Å². The number of hydrogen-bond acceptors (Lipinski definition) is 12. The molecule has 12 nitrogen and oxygen atoms in total. The van der Waals surface area contributed by atoms with Gasteiger partial charge in [-0.25, -0.2) is 0 Å². The minimum absolute atomic E-state index is 0.730. The molecule has 8 rings (SSSR count). The first-order valence-electron chi connectivity index (χ1n) is 25.3. The molecular weight excluding hydrogens is 865 g/mol. The maximum atomic E-state index is 5.57. The predicted molar refractivity (Wildman–Crippen MR) is 302 cm³/mol. The predicted octanol–water partition coefficient (Wildman–Crippen LogP) is 10.2. The zero-order valence-electron chi connectivity index (χ0n) is 43.7. The highest BCUT2D eigenvalue weighted by Gasteiger charge is 2.17. The van der Waals surface area contributed by atoms with Crippen LogP contribution in [0, 0.1) is 48.5 Å². The molecule has 0 spiro atoms. The lowest BCUT2D eigenvalue weighted by atomic mass is 10.2. The summed E-state index contributed by atoms with van der Waals surface area (Å²) in [4.78, 5) is 21.9. The molecule has 378 valence electrons. The molecule has 3 aliphatic rings. The monoisotopic (exact) mass is 951 g/mol. The molecule has 12 heteroatoms. The molecule has 3 heterocycles. The number of aliphatic imine (C=N–C) groups is 4. The van der Waals surface area contributed by atoms with Crippen LogP contribution in [-0.2, 0) is 0 Å². The second-order valence-corrected chi connectivity index (χ2v) is 17.8. The smallest absolute Gasteiger partial charge is 0.198 e. The Labute approximate surface area is 422 Å². The van der Waals surface area contributed by atoms with Crippen LogP contribution in [0.4, 0.5) is 17.1 Å². The van der Waals surface area contributed by atoms with Crippen molar-refractivity contribution < 1.29 is 0 Å². The van der Waals surface area contributed by atoms with Gasteiger partial charge in [-0.1, -0.05) is 124 Å². The van der Waals surface area contributed by atoms with Gasteiger partial charge in [-0.05, 0) is 156 Å². The minimum atomic E-state index is 0.730. The molecule has 0 bridgehead atoms. The average Bonchev–Trinajstić information content (AvgIpc) is 3.38. The maximum absolute atomic E-state index is 5.57. The number of fused-ring (bicyclic) bond motifs is 1. The summed E-state index contributed by atoms with van der Waals surface area (Å²) >= 11 is 0. The summed E-state index contributed by atoms with van der Waals surface area (Å²) in [5.41, 5.74) is 28.0. The van der Waals surface area contributed by atoms with Crippen molar-refractivity contribution in [3.05, 3.63) is 160 Å². The van der Waals surface area contributed by atoms with Gasteiger partial charge >= 0.3 is 0 Å². The number of benzene rings is 5. The Hall–Kier alpha value is -6.14. The summed E-state index contributed by atoms with van der Waals surface area (Å²) in [5.74, 6) is 2.12. The van der Waals surface area contributed by atoms with Gasteiger partial charge < -0.3 is 43.0 Å². The Balaban J connectivity index is 0.000000230. The van der Waals surface area contributed by atoms with Crippen LogP contribution in [0.15, 0.2) is 141 Å². The number of guanidine groups is 2. The van der Waals surface area contributed by atoms with Crippen LogP contribution in [0.1, 0.15) is 77.5 Å². The highest BCUT2D eigenvalue weighted by molar-refractivity contribution is 5.94. The third-order valence-corrected chi connectivity index (χ3v) is 11.1. The molecule has 0 unspecified atom stereocenters. The van der Waals surface area contributed by atoms with Crippen LogP contribution in [0.5, 0.6) is 0 Å². The van der Waals surface area contributed by atoms with Crippen LogP contribution in [-0.4, -0.2) is 106 Å². The summed E-state index contributed by atoms with van der Waals surface area (Å²) < 4.78 is 0. The lowest BCUT2D eigenvalue weighted by molar-refractivity contribution is 0.346. The fourth-order valence-electron chi connectivity index (χ4n) is 6.78. The number of nitrogens with one attached hydrogen (secondary N) is 3. The zero-order valence-corrected chi connectivity index (χ0v) is 43.7. The molecule has 5 aromatic carbocycles. The molecule has 9 N–H and O–H groups in total. The van der Waals surface area contributed by atoms with Crippen LogP contribution in [0.2, 0.25) is 0 Å². The molecular formula is C58H86N12. The molecule has 1 saturated heterocycles. The van der Waals surface area contributed by atoms with Gasteiger partial charge in [-0.15, -0.1) is 0 Å². The highest BCUT2D eigenvalue weighted by atomic mass is 15.3. The summed E-state index contributed by atoms with van der Waals surface area (Å²) in [6.45, 7) is 26.4. The van der Waals surface area contributed by atoms with Crippen molar-refractivity contribution in [1.82, 2.24) is 20.4 Å². The molecule has 0 aliphatic carbocycles. The van der Waals surface area contributed by atoms with E-state index in [9.17, 15) is 0 Å². The Kier molecular flexibility index (Phi) is 29.8. The van der Waals surface area contributed by atoms with Gasteiger partial charge in [0.05, 0.1) is 11.4 Å². The standard InChI is InChI=1S/C15H14N2.C14H22N4.2C8H10.C7H13N3.C6H17N3/c1-12-3-7-14(8-4-12)16-11-17-15-9-5-13(2)6-10-15;1-12-4-6-13(7-5-12)17-14-16-9-3-11-18(14)10-2-8-15;2*1-7-3-5-8(2)6-4-7;1-3-8-7-9-4-2-6-10(7)5-1;7-3-1-5-9-6-2-4-8/h3-10H,1-2H3;4-7H,2-3,8-11,15H2,1H3,(H,16,17);2*3-6H,1-2H3;1-6H2,(H,8,9);9H,1-8H2. The van der Waals surface area contributed by atoms with E-state index in [1.807, 2.05) is 62.4 Å². The van der Waals surface area contributed by atoms with E-state index in [4.69, 9.17) is 17.2 Å². The number of aryl methyl sites for hydroxylation is 7. The first kappa shape index (κ1) is 58.2. The Bertz CT molecular complexity index is 2090. The van der Waals surface area contributed by atoms with Crippen LogP contribution in [0.3, 0.4) is 0 Å². The molecule has 3 aliphatic heterocycles. The first-order valence-corrected chi connectivity index (χ1v) is 25.3. The van der Waals surface area contributed by atoms with E-state index in [1.165, 1.54) is 64.9 Å². The topological polar surface area (TPSA) is 170 Å². The number of nitrogens with zero attached hydrogens (tertiary/aromatic N) is 6. The fraction of sp³-hybridized carbons (Fsp3) is 0.431. The van der Waals surface area contributed by atoms with Crippen molar-refractivity contribution in [2.24, 2.45) is 37.2 Å². The summed E-state index contributed by atoms with van der Waals surface area (Å²) in [5, 5.41) is 9.93. The van der Waals surface area contributed by atoms with E-state index in [0.29, 0.717) is 0 Å². The Morgan fingerprint density at radius 3 is 1.36 bits per heavy atom. The second kappa shape index (κ2) is 35.9. The van der Waals surface area contributed by atoms with Crippen molar-refractivity contribution in [3.8, 4) is 0 Å². The first-order chi connectivity index (χ1) is 34.0. The van der Waals surface area contributed by atoms with Gasteiger partial charge in [-0.2, -0.15) is 9.98 Å². The van der Waals surface area contributed by atoms with Crippen molar-refractivity contribution in [1.29, 1.82) is 0 Å². The van der Waals surface area contributed by atoms with Gasteiger partial charge in [-0.3, -0.25) is 9.98 Å². The third kappa shape index (κ3) is 26.6. The SMILES string of the molecule is C1CN=C2NCCCN2C1.Cc1ccc(C)cc1.Cc1ccc(C)cc1.Cc1ccc(N=C=Nc2ccc(C)cc2)cc1.Cc1ccc(NC2=NCCCN2CCCN)cc1.NCCCNCCCN. The van der Waals surface area contributed by atoms with Crippen molar-refractivity contribution in [2.45, 2.75) is 87.0 Å². The number of nitrogens with two attached hydrogens (primary N) is 3. The largest absolute Gasteiger partial charge is 0.356 e. The summed E-state index contributed by atoms with van der Waals surface area (Å²) in [7, 11) is 0. The minimum Gasteiger partial charge on any atom is -0.356 e. The highest BCUT2D eigenvalue weighted by Crippen LogP contribution is 2.15. The fourth-order valence-corrected chi connectivity index (χ4v) is 6.78. The number of rotatable bonds is 12. The van der Waals surface area contributed by atoms with E-state index in [2.05, 4.69) is 159 Å². The third-order valence-electron chi connectivity index (χ3n) is 11.1. The van der Waals surface area contributed by atoms with E-state index in [-0.39, 0.29) is 0 Å². The van der Waals surface area contributed by atoms with E-state index in [0.717, 1.165) is 120 Å². The lowest BCUT2D eigenvalue weighted by Crippen LogP contribution is -2.49. The molecule has 70 heavy (non-hydrogen) atoms. The van der Waals surface area contributed by atoms with Gasteiger partial charge in [0.1, 0.15) is 6.01 Å². The van der Waals surface area contributed by atoms with Crippen molar-refractivity contribution in [3.63, 3.8) is 0 Å². The van der Waals surface area contributed by atoms with Gasteiger partial charge in [0.2, 0.25) is 0 Å². The number of hydrogen-bond donors (Lipinski definition) is 6. The number of anilines is 1. The Morgan fingerprint density at radius 2 is 0.914 bits per heavy atom. The van der Waals surface area contributed by atoms with Crippen molar-refractivity contribution in [2.75, 3.05) is 83.9 Å².